The van der Waals surface area contributed by atoms with E-state index in [0.717, 1.165) is 10.0 Å². The first-order chi connectivity index (χ1) is 9.50. The third-order valence-corrected chi connectivity index (χ3v) is 4.28. The molecule has 0 heterocycles. The topological polar surface area (TPSA) is 20.3 Å². The van der Waals surface area contributed by atoms with Crippen LogP contribution >= 0.6 is 31.9 Å². The Bertz CT molecular complexity index is 646. The Balaban J connectivity index is 2.21. The zero-order valence-corrected chi connectivity index (χ0v) is 13.9. The van der Waals surface area contributed by atoms with E-state index in [2.05, 4.69) is 31.9 Å². The van der Waals surface area contributed by atoms with Crippen molar-refractivity contribution in [2.75, 3.05) is 7.05 Å². The highest BCUT2D eigenvalue weighted by atomic mass is 79.9. The summed E-state index contributed by atoms with van der Waals surface area (Å²) < 4.78 is 15.1. The summed E-state index contributed by atoms with van der Waals surface area (Å²) in [4.78, 5) is 13.8. The molecule has 0 unspecified atom stereocenters. The fourth-order valence-electron chi connectivity index (χ4n) is 1.83. The summed E-state index contributed by atoms with van der Waals surface area (Å²) in [5.41, 5.74) is 1.03. The highest BCUT2D eigenvalue weighted by Crippen LogP contribution is 2.22. The number of carbonyl (C=O) groups excluding carboxylic acids is 1. The number of nitrogens with zero attached hydrogens (tertiary/aromatic N) is 1. The van der Waals surface area contributed by atoms with E-state index < -0.39 is 5.82 Å². The third-order valence-electron chi connectivity index (χ3n) is 2.89. The molecule has 0 aliphatic heterocycles. The number of amides is 1. The minimum absolute atomic E-state index is 0.0638. The van der Waals surface area contributed by atoms with Gasteiger partial charge in [-0.2, -0.15) is 0 Å². The third kappa shape index (κ3) is 3.27. The second-order valence-electron chi connectivity index (χ2n) is 4.35. The van der Waals surface area contributed by atoms with Crippen molar-refractivity contribution in [3.8, 4) is 0 Å². The number of halogens is 3. The number of hydrogen-bond donors (Lipinski definition) is 0. The van der Waals surface area contributed by atoms with Crippen LogP contribution < -0.4 is 0 Å². The molecule has 2 rings (SSSR count). The Hall–Kier alpha value is -1.20. The van der Waals surface area contributed by atoms with Gasteiger partial charge in [0.25, 0.3) is 5.91 Å². The number of rotatable bonds is 3. The molecule has 0 aromatic heterocycles. The lowest BCUT2D eigenvalue weighted by atomic mass is 10.1. The summed E-state index contributed by atoms with van der Waals surface area (Å²) in [7, 11) is 1.65. The van der Waals surface area contributed by atoms with E-state index >= 15 is 0 Å². The van der Waals surface area contributed by atoms with Gasteiger partial charge in [-0.25, -0.2) is 4.39 Å². The molecule has 2 aromatic rings. The van der Waals surface area contributed by atoms with Crippen LogP contribution in [-0.4, -0.2) is 17.9 Å². The molecule has 0 radical (unpaired) electrons. The van der Waals surface area contributed by atoms with Crippen molar-refractivity contribution in [1.82, 2.24) is 4.90 Å². The predicted octanol–water partition coefficient (Wildman–Crippen LogP) is 4.62. The van der Waals surface area contributed by atoms with Crippen LogP contribution in [0.1, 0.15) is 15.9 Å². The van der Waals surface area contributed by atoms with Gasteiger partial charge in [0.05, 0.1) is 10.0 Å². The van der Waals surface area contributed by atoms with Gasteiger partial charge in [-0.15, -0.1) is 0 Å². The SMILES string of the molecule is CN(Cc1ccccc1Br)C(=O)c1cccc(Br)c1F. The van der Waals surface area contributed by atoms with Crippen LogP contribution in [0.2, 0.25) is 0 Å². The first-order valence-electron chi connectivity index (χ1n) is 5.93. The molecule has 0 saturated carbocycles. The maximum Gasteiger partial charge on any atom is 0.256 e. The van der Waals surface area contributed by atoms with Gasteiger partial charge < -0.3 is 4.90 Å². The van der Waals surface area contributed by atoms with E-state index in [-0.39, 0.29) is 15.9 Å². The standard InChI is InChI=1S/C15H12Br2FNO/c1-19(9-10-5-2-3-7-12(10)16)15(20)11-6-4-8-13(17)14(11)18/h2-8H,9H2,1H3. The molecule has 0 N–H and O–H groups in total. The van der Waals surface area contributed by atoms with E-state index in [1.54, 1.807) is 19.2 Å². The maximum atomic E-state index is 13.9. The van der Waals surface area contributed by atoms with E-state index in [0.29, 0.717) is 6.54 Å². The monoisotopic (exact) mass is 399 g/mol. The van der Waals surface area contributed by atoms with E-state index in [9.17, 15) is 9.18 Å². The van der Waals surface area contributed by atoms with Crippen LogP contribution in [0.25, 0.3) is 0 Å². The molecule has 0 aliphatic carbocycles. The second kappa shape index (κ2) is 6.50. The Morgan fingerprint density at radius 3 is 2.45 bits per heavy atom. The molecule has 2 nitrogen and oxygen atoms in total. The van der Waals surface area contributed by atoms with Crippen LogP contribution in [0.5, 0.6) is 0 Å². The molecule has 0 saturated heterocycles. The largest absolute Gasteiger partial charge is 0.337 e. The number of benzene rings is 2. The van der Waals surface area contributed by atoms with Crippen LogP contribution in [-0.2, 0) is 6.54 Å². The smallest absolute Gasteiger partial charge is 0.256 e. The average molecular weight is 401 g/mol. The van der Waals surface area contributed by atoms with Crippen LogP contribution in [0.15, 0.2) is 51.4 Å². The normalized spacial score (nSPS) is 10.4. The van der Waals surface area contributed by atoms with Gasteiger partial charge in [0, 0.05) is 18.1 Å². The molecule has 0 aliphatic rings. The predicted molar refractivity (Wildman–Crippen MR) is 84.0 cm³/mol. The lowest BCUT2D eigenvalue weighted by Crippen LogP contribution is -2.27. The Kier molecular flexibility index (Phi) is 4.94. The molecule has 0 fully saturated rings. The fourth-order valence-corrected chi connectivity index (χ4v) is 2.60. The van der Waals surface area contributed by atoms with Gasteiger partial charge in [-0.1, -0.05) is 40.2 Å². The average Bonchev–Trinajstić information content (AvgIpc) is 2.43. The highest BCUT2D eigenvalue weighted by molar-refractivity contribution is 9.10. The summed E-state index contributed by atoms with van der Waals surface area (Å²) in [5, 5.41) is 0. The molecule has 5 heteroatoms. The van der Waals surface area contributed by atoms with Gasteiger partial charge in [0.2, 0.25) is 0 Å². The van der Waals surface area contributed by atoms with Crippen molar-refractivity contribution in [3.63, 3.8) is 0 Å². The second-order valence-corrected chi connectivity index (χ2v) is 6.06. The van der Waals surface area contributed by atoms with Crippen molar-refractivity contribution in [2.24, 2.45) is 0 Å². The summed E-state index contributed by atoms with van der Waals surface area (Å²) in [6.45, 7) is 0.409. The molecular formula is C15H12Br2FNO. The Morgan fingerprint density at radius 2 is 1.75 bits per heavy atom. The first-order valence-corrected chi connectivity index (χ1v) is 7.52. The van der Waals surface area contributed by atoms with Crippen molar-refractivity contribution in [2.45, 2.75) is 6.54 Å². The molecule has 0 atom stereocenters. The van der Waals surface area contributed by atoms with Crippen LogP contribution in [0.3, 0.4) is 0 Å². The quantitative estimate of drug-likeness (QED) is 0.735. The molecule has 0 bridgehead atoms. The van der Waals surface area contributed by atoms with Crippen molar-refractivity contribution in [1.29, 1.82) is 0 Å². The van der Waals surface area contributed by atoms with Gasteiger partial charge in [0.15, 0.2) is 0 Å². The van der Waals surface area contributed by atoms with E-state index in [1.165, 1.54) is 11.0 Å². The summed E-state index contributed by atoms with van der Waals surface area (Å²) in [6.07, 6.45) is 0. The number of carbonyl (C=O) groups is 1. The van der Waals surface area contributed by atoms with Gasteiger partial charge in [-0.3, -0.25) is 4.79 Å². The zero-order chi connectivity index (χ0) is 14.7. The zero-order valence-electron chi connectivity index (χ0n) is 10.7. The Morgan fingerprint density at radius 1 is 1.10 bits per heavy atom. The molecule has 20 heavy (non-hydrogen) atoms. The lowest BCUT2D eigenvalue weighted by molar-refractivity contribution is 0.0780. The summed E-state index contributed by atoms with van der Waals surface area (Å²) >= 11 is 6.53. The molecule has 1 amide bonds. The van der Waals surface area contributed by atoms with Crippen LogP contribution in [0, 0.1) is 5.82 Å². The molecule has 0 spiro atoms. The highest BCUT2D eigenvalue weighted by Gasteiger charge is 2.18. The lowest BCUT2D eigenvalue weighted by Gasteiger charge is -2.18. The summed E-state index contributed by atoms with van der Waals surface area (Å²) in [6, 6.07) is 12.3. The number of hydrogen-bond acceptors (Lipinski definition) is 1. The van der Waals surface area contributed by atoms with Gasteiger partial charge in [-0.05, 0) is 39.7 Å². The van der Waals surface area contributed by atoms with Gasteiger partial charge in [0.1, 0.15) is 5.82 Å². The van der Waals surface area contributed by atoms with E-state index in [4.69, 9.17) is 0 Å². The first kappa shape index (κ1) is 15.2. The molecule has 2 aromatic carbocycles. The summed E-state index contributed by atoms with van der Waals surface area (Å²) in [5.74, 6) is -0.879. The molecule has 104 valence electrons. The fraction of sp³-hybridized carbons (Fsp3) is 0.133. The minimum Gasteiger partial charge on any atom is -0.337 e. The maximum absolute atomic E-state index is 13.9. The van der Waals surface area contributed by atoms with Crippen molar-refractivity contribution < 1.29 is 9.18 Å². The molecular weight excluding hydrogens is 389 g/mol. The van der Waals surface area contributed by atoms with Crippen molar-refractivity contribution >= 4 is 37.8 Å². The van der Waals surface area contributed by atoms with Gasteiger partial charge >= 0.3 is 0 Å². The van der Waals surface area contributed by atoms with Crippen LogP contribution in [0.4, 0.5) is 4.39 Å². The van der Waals surface area contributed by atoms with Crippen molar-refractivity contribution in [3.05, 3.63) is 68.4 Å². The Labute approximate surface area is 133 Å². The van der Waals surface area contributed by atoms with E-state index in [1.807, 2.05) is 24.3 Å². The minimum atomic E-state index is -0.531.